The van der Waals surface area contributed by atoms with Crippen LogP contribution in [0.4, 0.5) is 0 Å². The van der Waals surface area contributed by atoms with Crippen LogP contribution < -0.4 is 10.2 Å². The monoisotopic (exact) mass is 434 g/mol. The second-order valence-corrected chi connectivity index (χ2v) is 8.81. The van der Waals surface area contributed by atoms with Crippen LogP contribution >= 0.6 is 11.6 Å². The number of carbonyl (C=O) groups is 1. The van der Waals surface area contributed by atoms with Gasteiger partial charge in [-0.2, -0.15) is 5.10 Å². The highest BCUT2D eigenvalue weighted by molar-refractivity contribution is 6.30. The number of rotatable bonds is 7. The molecule has 0 aliphatic heterocycles. The van der Waals surface area contributed by atoms with E-state index in [4.69, 9.17) is 16.3 Å². The Bertz CT molecular complexity index is 1040. The van der Waals surface area contributed by atoms with Gasteiger partial charge in [0.25, 0.3) is 0 Å². The minimum atomic E-state index is -0.167. The van der Waals surface area contributed by atoms with Crippen molar-refractivity contribution in [3.05, 3.63) is 100 Å². The lowest BCUT2D eigenvalue weighted by Crippen LogP contribution is -2.20. The van der Waals surface area contributed by atoms with E-state index in [0.717, 1.165) is 16.7 Å². The number of amides is 1. The fourth-order valence-electron chi connectivity index (χ4n) is 2.98. The van der Waals surface area contributed by atoms with Crippen molar-refractivity contribution in [1.82, 2.24) is 5.43 Å². The number of hydrogen-bond acceptors (Lipinski definition) is 3. The lowest BCUT2D eigenvalue weighted by molar-refractivity contribution is -0.120. The van der Waals surface area contributed by atoms with Gasteiger partial charge in [-0.05, 0) is 46.4 Å². The molecule has 0 bridgehead atoms. The third-order valence-corrected chi connectivity index (χ3v) is 5.06. The number of hydrogen-bond donors (Lipinski definition) is 1. The molecule has 0 spiro atoms. The average Bonchev–Trinajstić information content (AvgIpc) is 2.74. The zero-order valence-electron chi connectivity index (χ0n) is 18.1. The van der Waals surface area contributed by atoms with Crippen molar-refractivity contribution in [1.29, 1.82) is 0 Å². The Hall–Kier alpha value is -3.11. The normalized spacial score (nSPS) is 11.5. The third kappa shape index (κ3) is 6.97. The van der Waals surface area contributed by atoms with Crippen molar-refractivity contribution < 1.29 is 9.53 Å². The Labute approximate surface area is 188 Å². The molecule has 3 aromatic carbocycles. The summed E-state index contributed by atoms with van der Waals surface area (Å²) in [5.41, 5.74) is 6.67. The maximum atomic E-state index is 12.2. The molecule has 3 aromatic rings. The summed E-state index contributed by atoms with van der Waals surface area (Å²) < 4.78 is 5.91. The Morgan fingerprint density at radius 2 is 1.61 bits per heavy atom. The molecule has 0 radical (unpaired) electrons. The number of nitrogens with zero attached hydrogens (tertiary/aromatic N) is 1. The maximum absolute atomic E-state index is 12.2. The van der Waals surface area contributed by atoms with Crippen LogP contribution in [0.25, 0.3) is 0 Å². The molecule has 0 aromatic heterocycles. The number of nitrogens with one attached hydrogen (secondary N) is 1. The van der Waals surface area contributed by atoms with Crippen LogP contribution in [0.2, 0.25) is 5.02 Å². The molecule has 0 fully saturated rings. The molecular formula is C26H27ClN2O2. The minimum absolute atomic E-state index is 0.0914. The molecule has 3 rings (SSSR count). The molecule has 4 nitrogen and oxygen atoms in total. The van der Waals surface area contributed by atoms with Crippen LogP contribution in [-0.4, -0.2) is 12.1 Å². The van der Waals surface area contributed by atoms with E-state index in [0.29, 0.717) is 17.4 Å². The highest BCUT2D eigenvalue weighted by Gasteiger charge is 2.13. The van der Waals surface area contributed by atoms with Gasteiger partial charge in [0.15, 0.2) is 0 Å². The molecule has 0 atom stereocenters. The zero-order valence-corrected chi connectivity index (χ0v) is 18.8. The van der Waals surface area contributed by atoms with Gasteiger partial charge in [0.1, 0.15) is 12.4 Å². The SMILES string of the molecule is CC(C)(C)c1ccc(CC(=O)N/N=C\c2ccccc2OCc2ccc(Cl)cc2)cc1. The first-order valence-corrected chi connectivity index (χ1v) is 10.6. The van der Waals surface area contributed by atoms with Crippen LogP contribution in [0.5, 0.6) is 5.75 Å². The van der Waals surface area contributed by atoms with E-state index in [1.807, 2.05) is 60.7 Å². The van der Waals surface area contributed by atoms with Crippen LogP contribution in [0.15, 0.2) is 77.9 Å². The molecule has 0 aliphatic rings. The Balaban J connectivity index is 1.55. The van der Waals surface area contributed by atoms with Gasteiger partial charge in [0.2, 0.25) is 5.91 Å². The second-order valence-electron chi connectivity index (χ2n) is 8.37. The predicted octanol–water partition coefficient (Wildman–Crippen LogP) is 5.91. The smallest absolute Gasteiger partial charge is 0.244 e. The van der Waals surface area contributed by atoms with E-state index in [-0.39, 0.29) is 17.7 Å². The van der Waals surface area contributed by atoms with E-state index in [1.165, 1.54) is 5.56 Å². The van der Waals surface area contributed by atoms with Gasteiger partial charge in [-0.15, -0.1) is 0 Å². The standard InChI is InChI=1S/C26H27ClN2O2/c1-26(2,3)22-12-8-19(9-13-22)16-25(30)29-28-17-21-6-4-5-7-24(21)31-18-20-10-14-23(27)15-11-20/h4-15,17H,16,18H2,1-3H3,(H,29,30)/b28-17-. The van der Waals surface area contributed by atoms with Gasteiger partial charge in [-0.1, -0.05) is 80.9 Å². The number of carbonyl (C=O) groups excluding carboxylic acids is 1. The van der Waals surface area contributed by atoms with Gasteiger partial charge in [0, 0.05) is 10.6 Å². The van der Waals surface area contributed by atoms with Crippen molar-refractivity contribution >= 4 is 23.7 Å². The Kier molecular flexibility index (Phi) is 7.48. The number of ether oxygens (including phenoxy) is 1. The van der Waals surface area contributed by atoms with E-state index >= 15 is 0 Å². The summed E-state index contributed by atoms with van der Waals surface area (Å²) in [5.74, 6) is 0.521. The number of hydrazone groups is 1. The lowest BCUT2D eigenvalue weighted by Gasteiger charge is -2.19. The fourth-order valence-corrected chi connectivity index (χ4v) is 3.11. The number of halogens is 1. The Morgan fingerprint density at radius 3 is 2.29 bits per heavy atom. The van der Waals surface area contributed by atoms with Crippen LogP contribution in [0.1, 0.15) is 43.0 Å². The van der Waals surface area contributed by atoms with E-state index in [1.54, 1.807) is 6.21 Å². The highest BCUT2D eigenvalue weighted by Crippen LogP contribution is 2.22. The van der Waals surface area contributed by atoms with Crippen LogP contribution in [-0.2, 0) is 23.2 Å². The van der Waals surface area contributed by atoms with E-state index in [2.05, 4.69) is 43.4 Å². The van der Waals surface area contributed by atoms with Crippen LogP contribution in [0.3, 0.4) is 0 Å². The second kappa shape index (κ2) is 10.3. The summed E-state index contributed by atoms with van der Waals surface area (Å²) in [4.78, 5) is 12.2. The first kappa shape index (κ1) is 22.6. The molecule has 160 valence electrons. The quantitative estimate of drug-likeness (QED) is 0.371. The molecule has 0 saturated heterocycles. The summed E-state index contributed by atoms with van der Waals surface area (Å²) in [6.07, 6.45) is 1.87. The first-order valence-electron chi connectivity index (χ1n) is 10.2. The first-order chi connectivity index (χ1) is 14.8. The van der Waals surface area contributed by atoms with Gasteiger partial charge in [-0.3, -0.25) is 4.79 Å². The van der Waals surface area contributed by atoms with Gasteiger partial charge in [0.05, 0.1) is 12.6 Å². The number of benzene rings is 3. The molecule has 1 amide bonds. The molecule has 0 heterocycles. The molecule has 1 N–H and O–H groups in total. The molecule has 0 unspecified atom stereocenters. The van der Waals surface area contributed by atoms with E-state index < -0.39 is 0 Å². The van der Waals surface area contributed by atoms with Gasteiger partial charge < -0.3 is 4.74 Å². The average molecular weight is 435 g/mol. The van der Waals surface area contributed by atoms with Crippen molar-refractivity contribution in [2.45, 2.75) is 39.2 Å². The van der Waals surface area contributed by atoms with Crippen molar-refractivity contribution in [2.75, 3.05) is 0 Å². The molecule has 5 heteroatoms. The maximum Gasteiger partial charge on any atom is 0.244 e. The van der Waals surface area contributed by atoms with Crippen molar-refractivity contribution in [3.63, 3.8) is 0 Å². The summed E-state index contributed by atoms with van der Waals surface area (Å²) in [6.45, 7) is 6.92. The lowest BCUT2D eigenvalue weighted by atomic mass is 9.86. The largest absolute Gasteiger partial charge is 0.488 e. The van der Waals surface area contributed by atoms with Gasteiger partial charge in [-0.25, -0.2) is 5.43 Å². The summed E-state index contributed by atoms with van der Waals surface area (Å²) >= 11 is 5.92. The molecule has 0 aliphatic carbocycles. The number of para-hydroxylation sites is 1. The van der Waals surface area contributed by atoms with E-state index in [9.17, 15) is 4.79 Å². The third-order valence-electron chi connectivity index (χ3n) is 4.80. The van der Waals surface area contributed by atoms with Crippen molar-refractivity contribution in [2.24, 2.45) is 5.10 Å². The molecular weight excluding hydrogens is 408 g/mol. The van der Waals surface area contributed by atoms with Gasteiger partial charge >= 0.3 is 0 Å². The Morgan fingerprint density at radius 1 is 0.968 bits per heavy atom. The summed E-state index contributed by atoms with van der Waals surface area (Å²) in [7, 11) is 0. The summed E-state index contributed by atoms with van der Waals surface area (Å²) in [5, 5.41) is 4.79. The summed E-state index contributed by atoms with van der Waals surface area (Å²) in [6, 6.07) is 23.2. The van der Waals surface area contributed by atoms with Crippen LogP contribution in [0, 0.1) is 0 Å². The topological polar surface area (TPSA) is 50.7 Å². The minimum Gasteiger partial charge on any atom is -0.488 e. The predicted molar refractivity (Wildman–Crippen MR) is 127 cm³/mol. The fraction of sp³-hybridized carbons (Fsp3) is 0.231. The highest BCUT2D eigenvalue weighted by atomic mass is 35.5. The zero-order chi connectivity index (χ0) is 22.3. The van der Waals surface area contributed by atoms with Crippen molar-refractivity contribution in [3.8, 4) is 5.75 Å². The molecule has 0 saturated carbocycles. The molecule has 31 heavy (non-hydrogen) atoms.